The summed E-state index contributed by atoms with van der Waals surface area (Å²) in [6, 6.07) is 41.9. The molecule has 4 nitrogen and oxygen atoms in total. The van der Waals surface area contributed by atoms with Crippen molar-refractivity contribution in [3.8, 4) is 28.0 Å². The smallest absolute Gasteiger partial charge is 0.373 e. The maximum absolute atomic E-state index is 12.5. The molecule has 0 aromatic heterocycles. The Labute approximate surface area is 266 Å². The number of carboxylic acids is 1. The lowest BCUT2D eigenvalue weighted by molar-refractivity contribution is -0.187. The third kappa shape index (κ3) is 7.08. The van der Waals surface area contributed by atoms with E-state index < -0.39 is 17.9 Å². The summed E-state index contributed by atoms with van der Waals surface area (Å²) in [4.78, 5) is 12.5. The van der Waals surface area contributed by atoms with Gasteiger partial charge < -0.3 is 14.6 Å². The van der Waals surface area contributed by atoms with E-state index in [0.29, 0.717) is 17.6 Å². The number of aliphatic carboxylic acids is 1. The average molecular weight is 597 g/mol. The van der Waals surface area contributed by atoms with Crippen molar-refractivity contribution in [3.05, 3.63) is 162 Å². The summed E-state index contributed by atoms with van der Waals surface area (Å²) in [5, 5.41) is 10.2. The Morgan fingerprint density at radius 1 is 0.644 bits per heavy atom. The SMILES string of the molecule is C=CC(OC(Oc1ccccc1)C(=O)O)(c1ccc(-c2cccc(C(C)C)c2)cc1)c1ccc(-c2cccc(C(C)C)c2)cc1. The fraction of sp³-hybridized carbons (Fsp3) is 0.195. The second kappa shape index (κ2) is 13.8. The zero-order valence-electron chi connectivity index (χ0n) is 26.3. The number of carbonyl (C=O) groups is 1. The predicted octanol–water partition coefficient (Wildman–Crippen LogP) is 10.2. The molecular formula is C41H40O4. The molecule has 0 radical (unpaired) electrons. The van der Waals surface area contributed by atoms with Crippen LogP contribution in [-0.4, -0.2) is 17.4 Å². The van der Waals surface area contributed by atoms with Crippen LogP contribution in [0.25, 0.3) is 22.3 Å². The van der Waals surface area contributed by atoms with Crippen LogP contribution in [0.5, 0.6) is 5.75 Å². The summed E-state index contributed by atoms with van der Waals surface area (Å²) < 4.78 is 12.3. The molecule has 5 aromatic carbocycles. The quantitative estimate of drug-likeness (QED) is 0.115. The molecule has 0 aliphatic heterocycles. The monoisotopic (exact) mass is 596 g/mol. The van der Waals surface area contributed by atoms with E-state index in [1.54, 1.807) is 30.3 Å². The molecule has 228 valence electrons. The standard InChI is InChI=1S/C41H40O4/c1-6-41(45-40(39(42)43)44-38-16-8-7-9-17-38,36-22-18-30(19-23-36)34-14-10-12-32(26-34)28(2)3)37-24-20-31(21-25-37)35-15-11-13-33(27-35)29(4)5/h6-29,40H,1H2,2-5H3,(H,42,43). The minimum absolute atomic E-state index is 0.392. The summed E-state index contributed by atoms with van der Waals surface area (Å²) in [5.41, 5.74) is 7.00. The molecule has 0 aliphatic rings. The lowest BCUT2D eigenvalue weighted by atomic mass is 9.84. The van der Waals surface area contributed by atoms with Crippen LogP contribution >= 0.6 is 0 Å². The average Bonchev–Trinajstić information content (AvgIpc) is 3.07. The van der Waals surface area contributed by atoms with Crippen LogP contribution in [0.4, 0.5) is 0 Å². The van der Waals surface area contributed by atoms with Gasteiger partial charge in [-0.3, -0.25) is 0 Å². The summed E-state index contributed by atoms with van der Waals surface area (Å²) in [6.45, 7) is 12.9. The summed E-state index contributed by atoms with van der Waals surface area (Å²) in [6.07, 6.45) is 0.0512. The van der Waals surface area contributed by atoms with E-state index in [9.17, 15) is 9.90 Å². The van der Waals surface area contributed by atoms with E-state index in [1.807, 2.05) is 54.6 Å². The number of para-hydroxylation sites is 1. The molecule has 5 rings (SSSR count). The van der Waals surface area contributed by atoms with Crippen LogP contribution in [0.2, 0.25) is 0 Å². The molecule has 0 bridgehead atoms. The number of ether oxygens (including phenoxy) is 2. The van der Waals surface area contributed by atoms with Gasteiger partial charge in [0.1, 0.15) is 11.4 Å². The molecule has 0 heterocycles. The van der Waals surface area contributed by atoms with Gasteiger partial charge in [-0.1, -0.05) is 156 Å². The first-order valence-electron chi connectivity index (χ1n) is 15.4. The van der Waals surface area contributed by atoms with E-state index in [-0.39, 0.29) is 0 Å². The Bertz CT molecular complexity index is 1640. The second-order valence-corrected chi connectivity index (χ2v) is 11.9. The van der Waals surface area contributed by atoms with Crippen molar-refractivity contribution in [2.45, 2.75) is 51.4 Å². The molecular weight excluding hydrogens is 556 g/mol. The summed E-state index contributed by atoms with van der Waals surface area (Å²) in [7, 11) is 0. The highest BCUT2D eigenvalue weighted by atomic mass is 16.7. The van der Waals surface area contributed by atoms with E-state index in [0.717, 1.165) is 33.4 Å². The summed E-state index contributed by atoms with van der Waals surface area (Å²) >= 11 is 0. The number of hydrogen-bond acceptors (Lipinski definition) is 3. The Kier molecular flexibility index (Phi) is 9.65. The number of benzene rings is 5. The van der Waals surface area contributed by atoms with Crippen LogP contribution in [-0.2, 0) is 15.1 Å². The van der Waals surface area contributed by atoms with Crippen LogP contribution in [0.15, 0.2) is 140 Å². The van der Waals surface area contributed by atoms with Crippen molar-refractivity contribution in [2.75, 3.05) is 0 Å². The van der Waals surface area contributed by atoms with Crippen LogP contribution in [0, 0.1) is 0 Å². The van der Waals surface area contributed by atoms with Crippen molar-refractivity contribution in [3.63, 3.8) is 0 Å². The third-order valence-corrected chi connectivity index (χ3v) is 8.17. The molecule has 1 atom stereocenters. The Hall–Kier alpha value is -4.93. The molecule has 5 aromatic rings. The largest absolute Gasteiger partial charge is 0.477 e. The van der Waals surface area contributed by atoms with Gasteiger partial charge in [-0.05, 0) is 68.5 Å². The molecule has 1 unspecified atom stereocenters. The van der Waals surface area contributed by atoms with Gasteiger partial charge >= 0.3 is 12.3 Å². The Morgan fingerprint density at radius 2 is 1.11 bits per heavy atom. The third-order valence-electron chi connectivity index (χ3n) is 8.17. The van der Waals surface area contributed by atoms with Crippen LogP contribution in [0.3, 0.4) is 0 Å². The maximum atomic E-state index is 12.5. The molecule has 0 aliphatic carbocycles. The molecule has 0 saturated carbocycles. The predicted molar refractivity (Wildman–Crippen MR) is 182 cm³/mol. The number of rotatable bonds is 12. The molecule has 4 heteroatoms. The first-order chi connectivity index (χ1) is 21.7. The maximum Gasteiger partial charge on any atom is 0.373 e. The molecule has 1 N–H and O–H groups in total. The fourth-order valence-corrected chi connectivity index (χ4v) is 5.48. The van der Waals surface area contributed by atoms with Gasteiger partial charge in [-0.15, -0.1) is 0 Å². The van der Waals surface area contributed by atoms with Crippen molar-refractivity contribution in [1.29, 1.82) is 0 Å². The minimum Gasteiger partial charge on any atom is -0.477 e. The van der Waals surface area contributed by atoms with Crippen molar-refractivity contribution < 1.29 is 19.4 Å². The molecule has 45 heavy (non-hydrogen) atoms. The van der Waals surface area contributed by atoms with Gasteiger partial charge in [-0.2, -0.15) is 0 Å². The molecule has 0 spiro atoms. The van der Waals surface area contributed by atoms with Crippen LogP contribution < -0.4 is 4.74 Å². The highest BCUT2D eigenvalue weighted by Gasteiger charge is 2.39. The first kappa shape index (κ1) is 31.5. The van der Waals surface area contributed by atoms with Gasteiger partial charge in [0.25, 0.3) is 0 Å². The normalized spacial score (nSPS) is 12.2. The zero-order valence-corrected chi connectivity index (χ0v) is 26.3. The van der Waals surface area contributed by atoms with Crippen molar-refractivity contribution >= 4 is 5.97 Å². The molecule has 0 amide bonds. The van der Waals surface area contributed by atoms with Gasteiger partial charge in [0, 0.05) is 0 Å². The fourth-order valence-electron chi connectivity index (χ4n) is 5.48. The Morgan fingerprint density at radius 3 is 1.51 bits per heavy atom. The van der Waals surface area contributed by atoms with E-state index in [4.69, 9.17) is 9.47 Å². The van der Waals surface area contributed by atoms with Gasteiger partial charge in [-0.25, -0.2) is 4.79 Å². The lowest BCUT2D eigenvalue weighted by Crippen LogP contribution is -2.40. The highest BCUT2D eigenvalue weighted by molar-refractivity contribution is 5.72. The highest BCUT2D eigenvalue weighted by Crippen LogP contribution is 2.39. The second-order valence-electron chi connectivity index (χ2n) is 11.9. The minimum atomic E-state index is -1.60. The van der Waals surface area contributed by atoms with E-state index in [2.05, 4.69) is 82.8 Å². The molecule has 0 saturated heterocycles. The summed E-state index contributed by atoms with van der Waals surface area (Å²) in [5.74, 6) is -0.0169. The number of carboxylic acid groups (broad SMARTS) is 1. The van der Waals surface area contributed by atoms with Crippen LogP contribution in [0.1, 0.15) is 61.8 Å². The lowest BCUT2D eigenvalue weighted by Gasteiger charge is -2.34. The van der Waals surface area contributed by atoms with Crippen molar-refractivity contribution in [2.24, 2.45) is 0 Å². The Balaban J connectivity index is 1.57. The van der Waals surface area contributed by atoms with Gasteiger partial charge in [0.05, 0.1) is 0 Å². The van der Waals surface area contributed by atoms with E-state index >= 15 is 0 Å². The van der Waals surface area contributed by atoms with E-state index in [1.165, 1.54) is 11.1 Å². The number of hydrogen-bond donors (Lipinski definition) is 1. The first-order valence-corrected chi connectivity index (χ1v) is 15.4. The molecule has 0 fully saturated rings. The van der Waals surface area contributed by atoms with Gasteiger partial charge in [0.15, 0.2) is 0 Å². The zero-order chi connectivity index (χ0) is 32.0. The topological polar surface area (TPSA) is 55.8 Å². The van der Waals surface area contributed by atoms with Gasteiger partial charge in [0.2, 0.25) is 0 Å². The van der Waals surface area contributed by atoms with Crippen molar-refractivity contribution in [1.82, 2.24) is 0 Å².